The van der Waals surface area contributed by atoms with Gasteiger partial charge in [-0.25, -0.2) is 4.79 Å². The minimum Gasteiger partial charge on any atom is -0.451 e. The third-order valence-electron chi connectivity index (χ3n) is 4.50. The minimum absolute atomic E-state index is 0.0665. The van der Waals surface area contributed by atoms with Gasteiger partial charge in [-0.1, -0.05) is 6.07 Å². The number of nitrogens with zero attached hydrogens (tertiary/aromatic N) is 1. The number of rotatable bonds is 6. The molecule has 0 bridgehead atoms. The summed E-state index contributed by atoms with van der Waals surface area (Å²) < 4.78 is 5.00. The highest BCUT2D eigenvalue weighted by Crippen LogP contribution is 2.30. The number of amides is 1. The SMILES string of the molecule is CC(=O)c1c(C)[nH]c(C(=O)OCC(=O)Nc2c([N+](=O)[O-])ccc(C)c2C)c1C. The summed E-state index contributed by atoms with van der Waals surface area (Å²) in [5.41, 5.74) is 2.62. The first-order valence-electron chi connectivity index (χ1n) is 8.46. The Hall–Kier alpha value is -3.49. The topological polar surface area (TPSA) is 131 Å². The number of carbonyl (C=O) groups is 3. The molecule has 1 amide bonds. The van der Waals surface area contributed by atoms with E-state index in [1.807, 2.05) is 0 Å². The quantitative estimate of drug-likeness (QED) is 0.339. The number of hydrogen-bond donors (Lipinski definition) is 2. The maximum atomic E-state index is 12.3. The summed E-state index contributed by atoms with van der Waals surface area (Å²) in [6.45, 7) is 7.44. The van der Waals surface area contributed by atoms with Crippen molar-refractivity contribution in [2.24, 2.45) is 0 Å². The summed E-state index contributed by atoms with van der Waals surface area (Å²) >= 11 is 0. The molecule has 9 heteroatoms. The summed E-state index contributed by atoms with van der Waals surface area (Å²) in [6.07, 6.45) is 0. The molecule has 148 valence electrons. The molecule has 0 aliphatic heterocycles. The van der Waals surface area contributed by atoms with Crippen molar-refractivity contribution in [3.63, 3.8) is 0 Å². The van der Waals surface area contributed by atoms with E-state index in [1.165, 1.54) is 13.0 Å². The van der Waals surface area contributed by atoms with Gasteiger partial charge in [0.05, 0.1) is 4.92 Å². The highest BCUT2D eigenvalue weighted by molar-refractivity contribution is 6.02. The molecular formula is C19H21N3O6. The molecule has 2 rings (SSSR count). The number of ether oxygens (including phenoxy) is 1. The van der Waals surface area contributed by atoms with Crippen LogP contribution in [0.1, 0.15) is 50.2 Å². The van der Waals surface area contributed by atoms with Crippen molar-refractivity contribution in [3.05, 3.63) is 55.9 Å². The summed E-state index contributed by atoms with van der Waals surface area (Å²) in [7, 11) is 0. The number of aryl methyl sites for hydroxylation is 2. The molecule has 28 heavy (non-hydrogen) atoms. The predicted molar refractivity (Wildman–Crippen MR) is 102 cm³/mol. The van der Waals surface area contributed by atoms with Crippen LogP contribution in [0.25, 0.3) is 0 Å². The first kappa shape index (κ1) is 20.8. The Bertz CT molecular complexity index is 990. The zero-order chi connectivity index (χ0) is 21.2. The first-order chi connectivity index (χ1) is 13.0. The standard InChI is InChI=1S/C19H21N3O6/c1-9-6-7-14(22(26)27)17(10(9)2)21-15(24)8-28-19(25)18-11(3)16(13(5)23)12(4)20-18/h6-7,20H,8H2,1-5H3,(H,21,24). The number of anilines is 1. The van der Waals surface area contributed by atoms with Gasteiger partial charge in [0.25, 0.3) is 11.6 Å². The van der Waals surface area contributed by atoms with Gasteiger partial charge >= 0.3 is 5.97 Å². The number of carbonyl (C=O) groups excluding carboxylic acids is 3. The van der Waals surface area contributed by atoms with Gasteiger partial charge in [0, 0.05) is 17.3 Å². The van der Waals surface area contributed by atoms with Crippen molar-refractivity contribution in [1.82, 2.24) is 4.98 Å². The number of Topliss-reactive ketones (excluding diaryl/α,β-unsaturated/α-hetero) is 1. The van der Waals surface area contributed by atoms with Gasteiger partial charge in [-0.3, -0.25) is 19.7 Å². The van der Waals surface area contributed by atoms with Gasteiger partial charge in [0.15, 0.2) is 12.4 Å². The van der Waals surface area contributed by atoms with Crippen molar-refractivity contribution in [2.45, 2.75) is 34.6 Å². The maximum Gasteiger partial charge on any atom is 0.355 e. The molecule has 0 spiro atoms. The smallest absolute Gasteiger partial charge is 0.355 e. The number of hydrogen-bond acceptors (Lipinski definition) is 6. The lowest BCUT2D eigenvalue weighted by Gasteiger charge is -2.11. The fraction of sp³-hybridized carbons (Fsp3) is 0.316. The van der Waals surface area contributed by atoms with Crippen LogP contribution >= 0.6 is 0 Å². The number of ketones is 1. The van der Waals surface area contributed by atoms with E-state index in [0.29, 0.717) is 22.4 Å². The Kier molecular flexibility index (Phi) is 5.97. The van der Waals surface area contributed by atoms with E-state index in [0.717, 1.165) is 5.56 Å². The van der Waals surface area contributed by atoms with E-state index in [2.05, 4.69) is 10.3 Å². The molecule has 9 nitrogen and oxygen atoms in total. The molecule has 0 aliphatic rings. The number of benzene rings is 1. The Morgan fingerprint density at radius 3 is 2.32 bits per heavy atom. The van der Waals surface area contributed by atoms with Crippen LogP contribution in [0.2, 0.25) is 0 Å². The van der Waals surface area contributed by atoms with Crippen molar-refractivity contribution in [3.8, 4) is 0 Å². The Labute approximate surface area is 161 Å². The zero-order valence-electron chi connectivity index (χ0n) is 16.3. The van der Waals surface area contributed by atoms with Crippen molar-refractivity contribution in [2.75, 3.05) is 11.9 Å². The summed E-state index contributed by atoms with van der Waals surface area (Å²) in [4.78, 5) is 49.5. The number of nitro benzene ring substituents is 1. The second-order valence-corrected chi connectivity index (χ2v) is 6.46. The summed E-state index contributed by atoms with van der Waals surface area (Å²) in [6, 6.07) is 2.89. The molecule has 0 atom stereocenters. The molecule has 0 aliphatic carbocycles. The van der Waals surface area contributed by atoms with Crippen LogP contribution in [-0.2, 0) is 9.53 Å². The predicted octanol–water partition coefficient (Wildman–Crippen LogP) is 3.15. The average molecular weight is 387 g/mol. The van der Waals surface area contributed by atoms with Crippen LogP contribution in [0.15, 0.2) is 12.1 Å². The molecule has 1 heterocycles. The third kappa shape index (κ3) is 4.08. The summed E-state index contributed by atoms with van der Waals surface area (Å²) in [5.74, 6) is -1.69. The second kappa shape index (κ2) is 8.03. The van der Waals surface area contributed by atoms with Crippen LogP contribution in [-0.4, -0.2) is 34.2 Å². The third-order valence-corrected chi connectivity index (χ3v) is 4.50. The molecule has 0 fully saturated rings. The number of nitro groups is 1. The average Bonchev–Trinajstić information content (AvgIpc) is 2.91. The van der Waals surface area contributed by atoms with Crippen LogP contribution in [0.3, 0.4) is 0 Å². The highest BCUT2D eigenvalue weighted by Gasteiger charge is 2.23. The lowest BCUT2D eigenvalue weighted by atomic mass is 10.1. The molecule has 2 N–H and O–H groups in total. The van der Waals surface area contributed by atoms with E-state index in [9.17, 15) is 24.5 Å². The largest absolute Gasteiger partial charge is 0.451 e. The van der Waals surface area contributed by atoms with Crippen LogP contribution in [0.5, 0.6) is 0 Å². The van der Waals surface area contributed by atoms with E-state index in [1.54, 1.807) is 33.8 Å². The molecule has 0 saturated heterocycles. The molecule has 1 aromatic carbocycles. The normalized spacial score (nSPS) is 10.5. The number of H-pyrrole nitrogens is 1. The lowest BCUT2D eigenvalue weighted by molar-refractivity contribution is -0.384. The first-order valence-corrected chi connectivity index (χ1v) is 8.46. The molecule has 0 saturated carbocycles. The number of nitrogens with one attached hydrogen (secondary N) is 2. The van der Waals surface area contributed by atoms with Gasteiger partial charge in [-0.15, -0.1) is 0 Å². The van der Waals surface area contributed by atoms with Crippen LogP contribution in [0, 0.1) is 37.8 Å². The van der Waals surface area contributed by atoms with Gasteiger partial charge in [-0.05, 0) is 51.3 Å². The lowest BCUT2D eigenvalue weighted by Crippen LogP contribution is -2.22. The Morgan fingerprint density at radius 2 is 1.79 bits per heavy atom. The maximum absolute atomic E-state index is 12.3. The van der Waals surface area contributed by atoms with Gasteiger partial charge in [0.1, 0.15) is 11.4 Å². The Balaban J connectivity index is 2.13. The second-order valence-electron chi connectivity index (χ2n) is 6.46. The van der Waals surface area contributed by atoms with E-state index in [4.69, 9.17) is 4.74 Å². The van der Waals surface area contributed by atoms with Crippen molar-refractivity contribution < 1.29 is 24.0 Å². The van der Waals surface area contributed by atoms with Crippen molar-refractivity contribution >= 4 is 29.0 Å². The van der Waals surface area contributed by atoms with Gasteiger partial charge in [-0.2, -0.15) is 0 Å². The Morgan fingerprint density at radius 1 is 1.14 bits per heavy atom. The number of aromatic nitrogens is 1. The fourth-order valence-corrected chi connectivity index (χ4v) is 2.97. The molecule has 0 radical (unpaired) electrons. The van der Waals surface area contributed by atoms with E-state index in [-0.39, 0.29) is 22.9 Å². The van der Waals surface area contributed by atoms with Gasteiger partial charge < -0.3 is 15.0 Å². The molecule has 1 aromatic heterocycles. The van der Waals surface area contributed by atoms with E-state index >= 15 is 0 Å². The summed E-state index contributed by atoms with van der Waals surface area (Å²) in [5, 5.41) is 13.6. The number of esters is 1. The number of aromatic amines is 1. The monoisotopic (exact) mass is 387 g/mol. The molecular weight excluding hydrogens is 366 g/mol. The van der Waals surface area contributed by atoms with Gasteiger partial charge in [0.2, 0.25) is 0 Å². The van der Waals surface area contributed by atoms with E-state index < -0.39 is 23.4 Å². The fourth-order valence-electron chi connectivity index (χ4n) is 2.97. The minimum atomic E-state index is -0.793. The zero-order valence-corrected chi connectivity index (χ0v) is 16.3. The van der Waals surface area contributed by atoms with Crippen LogP contribution < -0.4 is 5.32 Å². The molecule has 0 unspecified atom stereocenters. The van der Waals surface area contributed by atoms with Crippen molar-refractivity contribution in [1.29, 1.82) is 0 Å². The highest BCUT2D eigenvalue weighted by atomic mass is 16.6. The molecule has 2 aromatic rings. The van der Waals surface area contributed by atoms with Crippen LogP contribution in [0.4, 0.5) is 11.4 Å².